The summed E-state index contributed by atoms with van der Waals surface area (Å²) in [5.41, 5.74) is 2.24. The van der Waals surface area contributed by atoms with Crippen molar-refractivity contribution in [2.45, 2.75) is 39.0 Å². The number of hydrogen-bond donors (Lipinski definition) is 1. The third kappa shape index (κ3) is 5.82. The molecular weight excluding hydrogens is 432 g/mol. The number of halogens is 1. The van der Waals surface area contributed by atoms with E-state index < -0.39 is 0 Å². The molecule has 6 heteroatoms. The van der Waals surface area contributed by atoms with Gasteiger partial charge < -0.3 is 15.0 Å². The van der Waals surface area contributed by atoms with Gasteiger partial charge in [0.2, 0.25) is 0 Å². The fourth-order valence-electron chi connectivity index (χ4n) is 3.45. The summed E-state index contributed by atoms with van der Waals surface area (Å²) in [6, 6.07) is 12.9. The normalized spacial score (nSPS) is 14.0. The molecule has 5 nitrogen and oxygen atoms in total. The van der Waals surface area contributed by atoms with Gasteiger partial charge in [-0.3, -0.25) is 9.59 Å². The fourth-order valence-corrected chi connectivity index (χ4v) is 3.83. The summed E-state index contributed by atoms with van der Waals surface area (Å²) in [6.07, 6.45) is 3.28. The second-order valence-corrected chi connectivity index (χ2v) is 8.52. The molecule has 0 radical (unpaired) electrons. The number of nitrogens with zero attached hydrogens (tertiary/aromatic N) is 1. The van der Waals surface area contributed by atoms with Crippen LogP contribution in [0.15, 0.2) is 46.9 Å². The van der Waals surface area contributed by atoms with E-state index in [2.05, 4.69) is 35.1 Å². The van der Waals surface area contributed by atoms with Gasteiger partial charge in [0.1, 0.15) is 5.75 Å². The van der Waals surface area contributed by atoms with Gasteiger partial charge in [0.15, 0.2) is 6.61 Å². The molecule has 1 aliphatic heterocycles. The zero-order valence-corrected chi connectivity index (χ0v) is 18.5. The SMILES string of the molecule is CC(C)c1cc(Br)ccc1OCC(=O)Nc1cccc(C(=O)N2CCCCC2)c1. The first-order chi connectivity index (χ1) is 13.9. The number of piperidine rings is 1. The molecule has 2 amide bonds. The maximum Gasteiger partial charge on any atom is 0.262 e. The number of carbonyl (C=O) groups is 2. The highest BCUT2D eigenvalue weighted by Crippen LogP contribution is 2.29. The molecule has 29 heavy (non-hydrogen) atoms. The first-order valence-corrected chi connectivity index (χ1v) is 10.8. The molecule has 2 aromatic rings. The number of hydrogen-bond acceptors (Lipinski definition) is 3. The van der Waals surface area contributed by atoms with Gasteiger partial charge in [-0.15, -0.1) is 0 Å². The average molecular weight is 459 g/mol. The smallest absolute Gasteiger partial charge is 0.262 e. The fraction of sp³-hybridized carbons (Fsp3) is 0.391. The van der Waals surface area contributed by atoms with Crippen LogP contribution in [0.3, 0.4) is 0 Å². The van der Waals surface area contributed by atoms with Crippen LogP contribution in [0.25, 0.3) is 0 Å². The van der Waals surface area contributed by atoms with Gasteiger partial charge in [0.05, 0.1) is 0 Å². The van der Waals surface area contributed by atoms with Crippen LogP contribution in [-0.2, 0) is 4.79 Å². The molecule has 0 aromatic heterocycles. The van der Waals surface area contributed by atoms with Crippen LogP contribution in [0.5, 0.6) is 5.75 Å². The molecule has 0 aliphatic carbocycles. The monoisotopic (exact) mass is 458 g/mol. The summed E-state index contributed by atoms with van der Waals surface area (Å²) in [7, 11) is 0. The van der Waals surface area contributed by atoms with Gasteiger partial charge in [-0.05, 0) is 67.1 Å². The summed E-state index contributed by atoms with van der Waals surface area (Å²) in [5, 5.41) is 2.83. The van der Waals surface area contributed by atoms with E-state index in [-0.39, 0.29) is 24.3 Å². The Hall–Kier alpha value is -2.34. The van der Waals surface area contributed by atoms with Gasteiger partial charge in [-0.25, -0.2) is 0 Å². The lowest BCUT2D eigenvalue weighted by atomic mass is 10.0. The molecule has 3 rings (SSSR count). The van der Waals surface area contributed by atoms with Crippen LogP contribution >= 0.6 is 15.9 Å². The second-order valence-electron chi connectivity index (χ2n) is 7.61. The number of anilines is 1. The summed E-state index contributed by atoms with van der Waals surface area (Å²) < 4.78 is 6.73. The maximum absolute atomic E-state index is 12.7. The first kappa shape index (κ1) is 21.4. The van der Waals surface area contributed by atoms with Crippen molar-refractivity contribution in [2.75, 3.05) is 25.0 Å². The topological polar surface area (TPSA) is 58.6 Å². The molecule has 154 valence electrons. The number of ether oxygens (including phenoxy) is 1. The van der Waals surface area contributed by atoms with Crippen LogP contribution in [0.2, 0.25) is 0 Å². The summed E-state index contributed by atoms with van der Waals surface area (Å²) in [4.78, 5) is 26.9. The average Bonchev–Trinajstić information content (AvgIpc) is 2.73. The Balaban J connectivity index is 1.61. The third-order valence-corrected chi connectivity index (χ3v) is 5.48. The van der Waals surface area contributed by atoms with Gasteiger partial charge in [-0.1, -0.05) is 35.8 Å². The van der Waals surface area contributed by atoms with Crippen molar-refractivity contribution in [3.63, 3.8) is 0 Å². The van der Waals surface area contributed by atoms with Crippen molar-refractivity contribution in [3.8, 4) is 5.75 Å². The molecule has 1 aliphatic rings. The maximum atomic E-state index is 12.7. The minimum Gasteiger partial charge on any atom is -0.483 e. The molecule has 0 saturated carbocycles. The van der Waals surface area contributed by atoms with E-state index in [0.29, 0.717) is 17.0 Å². The summed E-state index contributed by atoms with van der Waals surface area (Å²) in [6.45, 7) is 5.67. The van der Waals surface area contributed by atoms with Crippen molar-refractivity contribution < 1.29 is 14.3 Å². The standard InChI is InChI=1S/C23H27BrN2O3/c1-16(2)20-14-18(24)9-10-21(20)29-15-22(27)25-19-8-6-7-17(13-19)23(28)26-11-4-3-5-12-26/h6-10,13-14,16H,3-5,11-12,15H2,1-2H3,(H,25,27). The number of carbonyl (C=O) groups excluding carboxylic acids is 2. The molecular formula is C23H27BrN2O3. The molecule has 0 spiro atoms. The zero-order chi connectivity index (χ0) is 20.8. The first-order valence-electron chi connectivity index (χ1n) is 10.1. The van der Waals surface area contributed by atoms with Crippen LogP contribution in [-0.4, -0.2) is 36.4 Å². The van der Waals surface area contributed by atoms with Crippen LogP contribution in [0.1, 0.15) is 54.9 Å². The minimum atomic E-state index is -0.259. The molecule has 0 bridgehead atoms. The highest BCUT2D eigenvalue weighted by atomic mass is 79.9. The van der Waals surface area contributed by atoms with Crippen molar-refractivity contribution in [1.82, 2.24) is 4.90 Å². The number of rotatable bonds is 6. The van der Waals surface area contributed by atoms with E-state index in [1.165, 1.54) is 6.42 Å². The van der Waals surface area contributed by atoms with Crippen molar-refractivity contribution >= 4 is 33.4 Å². The molecule has 1 heterocycles. The molecule has 2 aromatic carbocycles. The van der Waals surface area contributed by atoms with Crippen LogP contribution in [0.4, 0.5) is 5.69 Å². The van der Waals surface area contributed by atoms with E-state index in [1.54, 1.807) is 24.3 Å². The van der Waals surface area contributed by atoms with E-state index >= 15 is 0 Å². The minimum absolute atomic E-state index is 0.0217. The lowest BCUT2D eigenvalue weighted by Gasteiger charge is -2.26. The highest BCUT2D eigenvalue weighted by molar-refractivity contribution is 9.10. The van der Waals surface area contributed by atoms with E-state index in [1.807, 2.05) is 23.1 Å². The van der Waals surface area contributed by atoms with Crippen molar-refractivity contribution in [2.24, 2.45) is 0 Å². The van der Waals surface area contributed by atoms with Gasteiger partial charge in [0, 0.05) is 28.8 Å². The highest BCUT2D eigenvalue weighted by Gasteiger charge is 2.18. The predicted octanol–water partition coefficient (Wildman–Crippen LogP) is 5.22. The Morgan fingerprint density at radius 2 is 1.86 bits per heavy atom. The Morgan fingerprint density at radius 1 is 1.10 bits per heavy atom. The number of amides is 2. The molecule has 1 N–H and O–H groups in total. The van der Waals surface area contributed by atoms with Gasteiger partial charge in [0.25, 0.3) is 11.8 Å². The van der Waals surface area contributed by atoms with Gasteiger partial charge >= 0.3 is 0 Å². The second kappa shape index (κ2) is 9.92. The molecule has 1 fully saturated rings. The molecule has 1 saturated heterocycles. The van der Waals surface area contributed by atoms with Crippen molar-refractivity contribution in [1.29, 1.82) is 0 Å². The molecule has 0 unspecified atom stereocenters. The van der Waals surface area contributed by atoms with Crippen LogP contribution in [0, 0.1) is 0 Å². The largest absolute Gasteiger partial charge is 0.483 e. The Kier molecular flexibility index (Phi) is 7.31. The quantitative estimate of drug-likeness (QED) is 0.645. The summed E-state index contributed by atoms with van der Waals surface area (Å²) >= 11 is 3.47. The molecule has 0 atom stereocenters. The Bertz CT molecular complexity index is 876. The van der Waals surface area contributed by atoms with Crippen LogP contribution < -0.4 is 10.1 Å². The summed E-state index contributed by atoms with van der Waals surface area (Å²) in [5.74, 6) is 0.745. The van der Waals surface area contributed by atoms with E-state index in [9.17, 15) is 9.59 Å². The predicted molar refractivity (Wildman–Crippen MR) is 119 cm³/mol. The Labute approximate surface area is 180 Å². The van der Waals surface area contributed by atoms with Crippen molar-refractivity contribution in [3.05, 3.63) is 58.1 Å². The number of nitrogens with one attached hydrogen (secondary N) is 1. The third-order valence-electron chi connectivity index (χ3n) is 4.99. The Morgan fingerprint density at radius 3 is 2.59 bits per heavy atom. The lowest BCUT2D eigenvalue weighted by molar-refractivity contribution is -0.118. The van der Waals surface area contributed by atoms with E-state index in [4.69, 9.17) is 4.74 Å². The number of benzene rings is 2. The number of likely N-dealkylation sites (tertiary alicyclic amines) is 1. The van der Waals surface area contributed by atoms with Gasteiger partial charge in [-0.2, -0.15) is 0 Å². The lowest BCUT2D eigenvalue weighted by Crippen LogP contribution is -2.35. The zero-order valence-electron chi connectivity index (χ0n) is 16.9. The van der Waals surface area contributed by atoms with E-state index in [0.717, 1.165) is 36.0 Å².